The first-order valence-electron chi connectivity index (χ1n) is 5.88. The number of aryl methyl sites for hydroxylation is 1. The van der Waals surface area contributed by atoms with Crippen LogP contribution in [0.4, 0.5) is 0 Å². The van der Waals surface area contributed by atoms with Crippen LogP contribution < -0.4 is 5.32 Å². The van der Waals surface area contributed by atoms with Crippen LogP contribution in [0.15, 0.2) is 28.2 Å². The van der Waals surface area contributed by atoms with Crippen LogP contribution in [0.1, 0.15) is 34.0 Å². The van der Waals surface area contributed by atoms with Crippen molar-refractivity contribution in [3.63, 3.8) is 0 Å². The van der Waals surface area contributed by atoms with E-state index in [0.29, 0.717) is 12.2 Å². The Morgan fingerprint density at radius 2 is 2.32 bits per heavy atom. The number of carbonyl (C=O) groups is 1. The lowest BCUT2D eigenvalue weighted by Gasteiger charge is -2.09. The zero-order valence-electron chi connectivity index (χ0n) is 10.7. The maximum Gasteiger partial charge on any atom is 0.269 e. The zero-order valence-corrected chi connectivity index (χ0v) is 13.1. The molecule has 2 rings (SSSR count). The van der Waals surface area contributed by atoms with Gasteiger partial charge in [0.25, 0.3) is 5.91 Å². The normalized spacial score (nSPS) is 12.2. The number of nitrogens with zero attached hydrogens (tertiary/aromatic N) is 2. The molecule has 1 atom stereocenters. The molecule has 19 heavy (non-hydrogen) atoms. The van der Waals surface area contributed by atoms with Gasteiger partial charge in [-0.3, -0.25) is 4.79 Å². The summed E-state index contributed by atoms with van der Waals surface area (Å²) in [7, 11) is 0. The molecule has 0 aromatic carbocycles. The Bertz CT molecular complexity index is 568. The van der Waals surface area contributed by atoms with Crippen molar-refractivity contribution in [2.75, 3.05) is 6.54 Å². The van der Waals surface area contributed by atoms with Crippen molar-refractivity contribution >= 4 is 33.2 Å². The number of halogens is 1. The number of amides is 1. The first-order chi connectivity index (χ1) is 9.06. The van der Waals surface area contributed by atoms with Gasteiger partial charge in [0, 0.05) is 34.2 Å². The summed E-state index contributed by atoms with van der Waals surface area (Å²) >= 11 is 4.91. The molecule has 6 heteroatoms. The van der Waals surface area contributed by atoms with Gasteiger partial charge in [-0.25, -0.2) is 9.97 Å². The number of hydrogen-bond donors (Lipinski definition) is 1. The van der Waals surface area contributed by atoms with E-state index in [9.17, 15) is 4.79 Å². The van der Waals surface area contributed by atoms with E-state index in [2.05, 4.69) is 31.2 Å². The highest BCUT2D eigenvalue weighted by Crippen LogP contribution is 2.18. The Labute approximate surface area is 124 Å². The van der Waals surface area contributed by atoms with Gasteiger partial charge in [-0.2, -0.15) is 0 Å². The molecule has 0 radical (unpaired) electrons. The number of rotatable bonds is 4. The van der Waals surface area contributed by atoms with E-state index in [4.69, 9.17) is 0 Å². The third-order valence-electron chi connectivity index (χ3n) is 2.59. The average Bonchev–Trinajstić information content (AvgIpc) is 2.83. The molecule has 2 aromatic heterocycles. The molecule has 4 nitrogen and oxygen atoms in total. The summed E-state index contributed by atoms with van der Waals surface area (Å²) in [6.45, 7) is 4.58. The summed E-state index contributed by atoms with van der Waals surface area (Å²) < 4.78 is 0.857. The first kappa shape index (κ1) is 14.1. The van der Waals surface area contributed by atoms with Crippen molar-refractivity contribution in [1.29, 1.82) is 0 Å². The van der Waals surface area contributed by atoms with Crippen LogP contribution in [0.3, 0.4) is 0 Å². The van der Waals surface area contributed by atoms with E-state index in [-0.39, 0.29) is 11.8 Å². The summed E-state index contributed by atoms with van der Waals surface area (Å²) in [5, 5.41) is 5.94. The van der Waals surface area contributed by atoms with Crippen LogP contribution in [0.2, 0.25) is 0 Å². The summed E-state index contributed by atoms with van der Waals surface area (Å²) in [6, 6.07) is 3.49. The van der Waals surface area contributed by atoms with Crippen LogP contribution in [0.5, 0.6) is 0 Å². The largest absolute Gasteiger partial charge is 0.350 e. The highest BCUT2D eigenvalue weighted by Gasteiger charge is 2.12. The van der Waals surface area contributed by atoms with Crippen LogP contribution in [0.25, 0.3) is 0 Å². The maximum absolute atomic E-state index is 11.9. The van der Waals surface area contributed by atoms with Gasteiger partial charge in [0.1, 0.15) is 5.69 Å². The summed E-state index contributed by atoms with van der Waals surface area (Å²) in [5.41, 5.74) is 1.44. The predicted octanol–water partition coefficient (Wildman–Crippen LogP) is 3.14. The number of hydrogen-bond acceptors (Lipinski definition) is 4. The second kappa shape index (κ2) is 6.25. The molecule has 0 bridgehead atoms. The smallest absolute Gasteiger partial charge is 0.269 e. The van der Waals surface area contributed by atoms with Crippen LogP contribution in [0, 0.1) is 6.92 Å². The highest BCUT2D eigenvalue weighted by molar-refractivity contribution is 9.10. The highest BCUT2D eigenvalue weighted by atomic mass is 79.9. The molecule has 0 aliphatic carbocycles. The minimum Gasteiger partial charge on any atom is -0.350 e. The molecule has 100 valence electrons. The van der Waals surface area contributed by atoms with Gasteiger partial charge in [-0.15, -0.1) is 11.3 Å². The van der Waals surface area contributed by atoms with Crippen molar-refractivity contribution in [2.24, 2.45) is 0 Å². The van der Waals surface area contributed by atoms with Crippen molar-refractivity contribution in [3.8, 4) is 0 Å². The summed E-state index contributed by atoms with van der Waals surface area (Å²) in [6.07, 6.45) is 1.61. The van der Waals surface area contributed by atoms with Gasteiger partial charge in [-0.1, -0.05) is 6.92 Å². The molecule has 2 heterocycles. The van der Waals surface area contributed by atoms with Crippen LogP contribution >= 0.6 is 27.3 Å². The zero-order chi connectivity index (χ0) is 13.8. The van der Waals surface area contributed by atoms with E-state index in [1.807, 2.05) is 19.2 Å². The van der Waals surface area contributed by atoms with Crippen molar-refractivity contribution in [3.05, 3.63) is 44.6 Å². The SMILES string of the molecule is Cc1csc(C(C)CNC(=O)c2ccc(Br)cn2)n1. The first-order valence-corrected chi connectivity index (χ1v) is 7.55. The fraction of sp³-hybridized carbons (Fsp3) is 0.308. The van der Waals surface area contributed by atoms with E-state index >= 15 is 0 Å². The van der Waals surface area contributed by atoms with Gasteiger partial charge in [0.15, 0.2) is 0 Å². The van der Waals surface area contributed by atoms with E-state index in [1.165, 1.54) is 0 Å². The Morgan fingerprint density at radius 1 is 1.53 bits per heavy atom. The molecule has 0 fully saturated rings. The molecule has 1 N–H and O–H groups in total. The number of thiazole rings is 1. The monoisotopic (exact) mass is 339 g/mol. The van der Waals surface area contributed by atoms with E-state index in [0.717, 1.165) is 15.2 Å². The van der Waals surface area contributed by atoms with E-state index in [1.54, 1.807) is 29.7 Å². The maximum atomic E-state index is 11.9. The Balaban J connectivity index is 1.91. The molecule has 1 unspecified atom stereocenters. The standard InChI is InChI=1S/C13H14BrN3OS/c1-8(13-17-9(2)7-19-13)5-16-12(18)11-4-3-10(14)6-15-11/h3-4,6-8H,5H2,1-2H3,(H,16,18). The lowest BCUT2D eigenvalue weighted by Crippen LogP contribution is -2.28. The quantitative estimate of drug-likeness (QED) is 0.930. The van der Waals surface area contributed by atoms with Gasteiger partial charge < -0.3 is 5.32 Å². The van der Waals surface area contributed by atoms with Crippen molar-refractivity contribution in [1.82, 2.24) is 15.3 Å². The molecule has 0 aliphatic heterocycles. The fourth-order valence-electron chi connectivity index (χ4n) is 1.53. The number of aromatic nitrogens is 2. The van der Waals surface area contributed by atoms with Crippen molar-refractivity contribution < 1.29 is 4.79 Å². The second-order valence-electron chi connectivity index (χ2n) is 4.30. The van der Waals surface area contributed by atoms with Crippen LogP contribution in [-0.4, -0.2) is 22.4 Å². The lowest BCUT2D eigenvalue weighted by molar-refractivity contribution is 0.0946. The van der Waals surface area contributed by atoms with Crippen molar-refractivity contribution in [2.45, 2.75) is 19.8 Å². The van der Waals surface area contributed by atoms with Gasteiger partial charge in [0.05, 0.1) is 5.01 Å². The Morgan fingerprint density at radius 3 is 2.89 bits per heavy atom. The van der Waals surface area contributed by atoms with Crippen LogP contribution in [-0.2, 0) is 0 Å². The topological polar surface area (TPSA) is 54.9 Å². The summed E-state index contributed by atoms with van der Waals surface area (Å²) in [5.74, 6) is 0.0470. The molecule has 0 saturated carbocycles. The molecule has 0 aliphatic rings. The number of pyridine rings is 1. The number of nitrogens with one attached hydrogen (secondary N) is 1. The number of carbonyl (C=O) groups excluding carboxylic acids is 1. The third kappa shape index (κ3) is 3.84. The lowest BCUT2D eigenvalue weighted by atomic mass is 10.2. The molecule has 0 spiro atoms. The van der Waals surface area contributed by atoms with E-state index < -0.39 is 0 Å². The Hall–Kier alpha value is -1.27. The minimum atomic E-state index is -0.160. The molecule has 1 amide bonds. The predicted molar refractivity (Wildman–Crippen MR) is 79.5 cm³/mol. The van der Waals surface area contributed by atoms with Gasteiger partial charge in [-0.05, 0) is 35.0 Å². The van der Waals surface area contributed by atoms with Gasteiger partial charge in [0.2, 0.25) is 0 Å². The Kier molecular flexibility index (Phi) is 4.66. The summed E-state index contributed by atoms with van der Waals surface area (Å²) in [4.78, 5) is 20.4. The third-order valence-corrected chi connectivity index (χ3v) is 4.25. The molecular formula is C13H14BrN3OS. The minimum absolute atomic E-state index is 0.160. The average molecular weight is 340 g/mol. The second-order valence-corrected chi connectivity index (χ2v) is 6.11. The van der Waals surface area contributed by atoms with Gasteiger partial charge >= 0.3 is 0 Å². The fourth-order valence-corrected chi connectivity index (χ4v) is 2.62. The molecule has 2 aromatic rings. The molecular weight excluding hydrogens is 326 g/mol. The molecule has 0 saturated heterocycles.